The van der Waals surface area contributed by atoms with Crippen LogP contribution in [0.3, 0.4) is 0 Å². The first kappa shape index (κ1) is 17.0. The van der Waals surface area contributed by atoms with E-state index in [-0.39, 0.29) is 0 Å². The summed E-state index contributed by atoms with van der Waals surface area (Å²) in [5.74, 6) is -1.58. The Balaban J connectivity index is 1.78. The van der Waals surface area contributed by atoms with Gasteiger partial charge < -0.3 is 10.4 Å². The van der Waals surface area contributed by atoms with Crippen LogP contribution in [-0.4, -0.2) is 25.4 Å². The number of hydrogen-bond acceptors (Lipinski definition) is 4. The number of benzene rings is 2. The molecule has 0 fully saturated rings. The first-order chi connectivity index (χ1) is 12.9. The van der Waals surface area contributed by atoms with Crippen molar-refractivity contribution in [2.45, 2.75) is 20.4 Å². The number of carboxylic acid groups (broad SMARTS) is 1. The predicted molar refractivity (Wildman–Crippen MR) is 101 cm³/mol. The average molecular weight is 364 g/mol. The zero-order valence-corrected chi connectivity index (χ0v) is 14.8. The number of rotatable bonds is 4. The predicted octanol–water partition coefficient (Wildman–Crippen LogP) is 3.95. The molecular formula is C20H17FN4O2. The zero-order valence-electron chi connectivity index (χ0n) is 14.8. The zero-order chi connectivity index (χ0) is 19.1. The number of nitrogens with one attached hydrogen (secondary N) is 1. The van der Waals surface area contributed by atoms with Gasteiger partial charge in [0.1, 0.15) is 11.3 Å². The molecule has 0 radical (unpaired) electrons. The molecule has 7 heteroatoms. The fourth-order valence-corrected chi connectivity index (χ4v) is 3.07. The van der Waals surface area contributed by atoms with Gasteiger partial charge in [-0.1, -0.05) is 18.2 Å². The van der Waals surface area contributed by atoms with E-state index in [1.54, 1.807) is 16.9 Å². The lowest BCUT2D eigenvalue weighted by Gasteiger charge is -2.12. The number of carboxylic acids is 1. The summed E-state index contributed by atoms with van der Waals surface area (Å²) in [5.41, 5.74) is 4.67. The molecule has 0 aliphatic rings. The largest absolute Gasteiger partial charge is 0.478 e. The van der Waals surface area contributed by atoms with Crippen LogP contribution in [0.25, 0.3) is 16.6 Å². The summed E-state index contributed by atoms with van der Waals surface area (Å²) < 4.78 is 15.8. The van der Waals surface area contributed by atoms with Crippen LogP contribution in [0, 0.1) is 19.7 Å². The van der Waals surface area contributed by atoms with Gasteiger partial charge in [0.2, 0.25) is 0 Å². The molecule has 0 atom stereocenters. The standard InChI is InChI=1S/C20H17FN4O2/c1-11-3-4-13(5-12(11)2)8-23-19-18-9-22-10-25(18)17-6-14(20(26)27)15(21)7-16(17)24-19/h3-7,9-10H,8H2,1-2H3,(H,23,24)(H,26,27). The highest BCUT2D eigenvalue weighted by atomic mass is 19.1. The highest BCUT2D eigenvalue weighted by Gasteiger charge is 2.16. The number of aromatic nitrogens is 3. The summed E-state index contributed by atoms with van der Waals surface area (Å²) in [6.45, 7) is 4.68. The summed E-state index contributed by atoms with van der Waals surface area (Å²) in [6, 6.07) is 8.64. The second kappa shape index (κ2) is 6.35. The van der Waals surface area contributed by atoms with Crippen LogP contribution in [0.2, 0.25) is 0 Å². The molecule has 0 spiro atoms. The molecule has 0 saturated heterocycles. The lowest BCUT2D eigenvalue weighted by Crippen LogP contribution is -2.06. The van der Waals surface area contributed by atoms with Crippen LogP contribution >= 0.6 is 0 Å². The first-order valence-corrected chi connectivity index (χ1v) is 8.42. The molecule has 27 heavy (non-hydrogen) atoms. The first-order valence-electron chi connectivity index (χ1n) is 8.42. The number of halogens is 1. The second-order valence-electron chi connectivity index (χ2n) is 6.51. The molecule has 2 N–H and O–H groups in total. The Morgan fingerprint density at radius 3 is 2.74 bits per heavy atom. The lowest BCUT2D eigenvalue weighted by atomic mass is 10.1. The number of aryl methyl sites for hydroxylation is 2. The smallest absolute Gasteiger partial charge is 0.338 e. The monoisotopic (exact) mass is 364 g/mol. The number of hydrogen-bond donors (Lipinski definition) is 2. The van der Waals surface area contributed by atoms with E-state index in [0.717, 1.165) is 11.6 Å². The SMILES string of the molecule is Cc1ccc(CNc2nc3cc(F)c(C(=O)O)cc3n3cncc23)cc1C. The van der Waals surface area contributed by atoms with Crippen molar-refractivity contribution in [1.82, 2.24) is 14.4 Å². The Kier molecular flexibility index (Phi) is 3.99. The van der Waals surface area contributed by atoms with Gasteiger partial charge in [0.05, 0.1) is 29.1 Å². The number of anilines is 1. The molecule has 0 unspecified atom stereocenters. The van der Waals surface area contributed by atoms with Crippen molar-refractivity contribution in [3.63, 3.8) is 0 Å². The molecule has 0 aliphatic carbocycles. The van der Waals surface area contributed by atoms with Crippen LogP contribution < -0.4 is 5.32 Å². The number of aromatic carboxylic acids is 1. The molecular weight excluding hydrogens is 347 g/mol. The van der Waals surface area contributed by atoms with Gasteiger partial charge >= 0.3 is 5.97 Å². The molecule has 136 valence electrons. The summed E-state index contributed by atoms with van der Waals surface area (Å²) >= 11 is 0. The fourth-order valence-electron chi connectivity index (χ4n) is 3.07. The minimum atomic E-state index is -1.32. The van der Waals surface area contributed by atoms with Crippen LogP contribution in [0.15, 0.2) is 42.9 Å². The van der Waals surface area contributed by atoms with Gasteiger partial charge in [-0.3, -0.25) is 4.40 Å². The molecule has 2 heterocycles. The van der Waals surface area contributed by atoms with E-state index >= 15 is 0 Å². The quantitative estimate of drug-likeness (QED) is 0.573. The van der Waals surface area contributed by atoms with Crippen LogP contribution in [-0.2, 0) is 6.54 Å². The Morgan fingerprint density at radius 2 is 2.00 bits per heavy atom. The minimum absolute atomic E-state index is 0.352. The van der Waals surface area contributed by atoms with Crippen LogP contribution in [0.5, 0.6) is 0 Å². The molecule has 2 aromatic carbocycles. The van der Waals surface area contributed by atoms with Gasteiger partial charge in [-0.25, -0.2) is 19.2 Å². The van der Waals surface area contributed by atoms with Crippen molar-refractivity contribution in [3.05, 3.63) is 70.9 Å². The molecule has 4 rings (SSSR count). The van der Waals surface area contributed by atoms with Crippen molar-refractivity contribution in [2.24, 2.45) is 0 Å². The fraction of sp³-hybridized carbons (Fsp3) is 0.150. The summed E-state index contributed by atoms with van der Waals surface area (Å²) in [6.07, 6.45) is 3.20. The van der Waals surface area contributed by atoms with Gasteiger partial charge in [0.15, 0.2) is 5.82 Å². The third-order valence-corrected chi connectivity index (χ3v) is 4.70. The highest BCUT2D eigenvalue weighted by molar-refractivity contribution is 5.94. The summed E-state index contributed by atoms with van der Waals surface area (Å²) in [5, 5.41) is 12.4. The molecule has 0 bridgehead atoms. The third kappa shape index (κ3) is 2.97. The maximum absolute atomic E-state index is 14.1. The van der Waals surface area contributed by atoms with Crippen molar-refractivity contribution < 1.29 is 14.3 Å². The van der Waals surface area contributed by atoms with E-state index in [9.17, 15) is 9.18 Å². The van der Waals surface area contributed by atoms with Crippen molar-refractivity contribution in [1.29, 1.82) is 0 Å². The molecule has 6 nitrogen and oxygen atoms in total. The van der Waals surface area contributed by atoms with E-state index in [2.05, 4.69) is 41.3 Å². The summed E-state index contributed by atoms with van der Waals surface area (Å²) in [7, 11) is 0. The van der Waals surface area contributed by atoms with E-state index in [1.165, 1.54) is 17.2 Å². The normalized spacial score (nSPS) is 11.2. The Labute approximate surface area is 154 Å². The highest BCUT2D eigenvalue weighted by Crippen LogP contribution is 2.25. The van der Waals surface area contributed by atoms with Crippen molar-refractivity contribution in [2.75, 3.05) is 5.32 Å². The van der Waals surface area contributed by atoms with Gasteiger partial charge in [0, 0.05) is 12.6 Å². The number of imidazole rings is 1. The number of carbonyl (C=O) groups is 1. The van der Waals surface area contributed by atoms with E-state index in [1.807, 2.05) is 6.07 Å². The Bertz CT molecular complexity index is 1200. The topological polar surface area (TPSA) is 79.5 Å². The molecule has 0 amide bonds. The van der Waals surface area contributed by atoms with E-state index in [0.29, 0.717) is 28.9 Å². The third-order valence-electron chi connectivity index (χ3n) is 4.70. The summed E-state index contributed by atoms with van der Waals surface area (Å²) in [4.78, 5) is 19.8. The van der Waals surface area contributed by atoms with Crippen molar-refractivity contribution in [3.8, 4) is 0 Å². The molecule has 4 aromatic rings. The maximum Gasteiger partial charge on any atom is 0.338 e. The van der Waals surface area contributed by atoms with Crippen molar-refractivity contribution >= 4 is 28.3 Å². The Morgan fingerprint density at radius 1 is 1.19 bits per heavy atom. The molecule has 0 aliphatic heterocycles. The lowest BCUT2D eigenvalue weighted by molar-refractivity contribution is 0.0692. The Hall–Kier alpha value is -3.48. The van der Waals surface area contributed by atoms with Crippen LogP contribution in [0.1, 0.15) is 27.0 Å². The average Bonchev–Trinajstić information content (AvgIpc) is 3.11. The van der Waals surface area contributed by atoms with E-state index in [4.69, 9.17) is 5.11 Å². The minimum Gasteiger partial charge on any atom is -0.478 e. The van der Waals surface area contributed by atoms with Gasteiger partial charge in [-0.2, -0.15) is 0 Å². The number of fused-ring (bicyclic) bond motifs is 3. The van der Waals surface area contributed by atoms with Crippen LogP contribution in [0.4, 0.5) is 10.2 Å². The van der Waals surface area contributed by atoms with E-state index < -0.39 is 17.3 Å². The maximum atomic E-state index is 14.1. The second-order valence-corrected chi connectivity index (χ2v) is 6.51. The number of nitrogens with zero attached hydrogens (tertiary/aromatic N) is 3. The van der Waals surface area contributed by atoms with Gasteiger partial charge in [0.25, 0.3) is 0 Å². The molecule has 0 saturated carbocycles. The van der Waals surface area contributed by atoms with Gasteiger partial charge in [-0.15, -0.1) is 0 Å². The molecule has 2 aromatic heterocycles. The van der Waals surface area contributed by atoms with Gasteiger partial charge in [-0.05, 0) is 36.6 Å².